The van der Waals surface area contributed by atoms with Crippen molar-refractivity contribution in [3.63, 3.8) is 0 Å². The third kappa shape index (κ3) is 1.96. The number of nitrogens with zero attached hydrogens (tertiary/aromatic N) is 1. The smallest absolute Gasteiger partial charge is 0.238 e. The summed E-state index contributed by atoms with van der Waals surface area (Å²) in [6, 6.07) is 0.278. The van der Waals surface area contributed by atoms with E-state index in [1.807, 2.05) is 4.90 Å². The molecular weight excluding hydrogens is 204 g/mol. The summed E-state index contributed by atoms with van der Waals surface area (Å²) in [5.74, 6) is 0.678. The number of amides is 1. The van der Waals surface area contributed by atoms with Crippen LogP contribution in [0.2, 0.25) is 0 Å². The van der Waals surface area contributed by atoms with Crippen LogP contribution in [0.25, 0.3) is 0 Å². The summed E-state index contributed by atoms with van der Waals surface area (Å²) in [4.78, 5) is 14.0. The zero-order valence-corrected chi connectivity index (χ0v) is 10.4. The van der Waals surface area contributed by atoms with Crippen molar-refractivity contribution in [1.29, 1.82) is 0 Å². The van der Waals surface area contributed by atoms with E-state index in [9.17, 15) is 4.79 Å². The Kier molecular flexibility index (Phi) is 3.50. The molecule has 1 saturated heterocycles. The first-order valence-electron chi connectivity index (χ1n) is 6.22. The maximum Gasteiger partial charge on any atom is 0.238 e. The lowest BCUT2D eigenvalue weighted by Crippen LogP contribution is -2.50. The van der Waals surface area contributed by atoms with Crippen LogP contribution in [0, 0.1) is 5.92 Å². The summed E-state index contributed by atoms with van der Waals surface area (Å²) in [5.41, 5.74) is 0. The molecule has 1 saturated carbocycles. The van der Waals surface area contributed by atoms with Crippen LogP contribution in [-0.4, -0.2) is 42.8 Å². The molecular formula is C12H22N2O2. The first-order chi connectivity index (χ1) is 7.65. The highest BCUT2D eigenvalue weighted by molar-refractivity contribution is 5.81. The third-order valence-electron chi connectivity index (χ3n) is 3.76. The SMILES string of the molecule is COC1CCCC1N1C(=O)CNC1C(C)C. The van der Waals surface area contributed by atoms with Gasteiger partial charge in [-0.05, 0) is 25.2 Å². The van der Waals surface area contributed by atoms with E-state index < -0.39 is 0 Å². The van der Waals surface area contributed by atoms with Gasteiger partial charge in [-0.3, -0.25) is 10.1 Å². The summed E-state index contributed by atoms with van der Waals surface area (Å²) in [6.07, 6.45) is 3.74. The van der Waals surface area contributed by atoms with Gasteiger partial charge in [-0.1, -0.05) is 13.8 Å². The standard InChI is InChI=1S/C12H22N2O2/c1-8(2)12-13-7-11(15)14(12)9-5-4-6-10(9)16-3/h8-10,12-13H,4-7H2,1-3H3. The zero-order chi connectivity index (χ0) is 11.7. The number of methoxy groups -OCH3 is 1. The summed E-state index contributed by atoms with van der Waals surface area (Å²) in [7, 11) is 1.75. The van der Waals surface area contributed by atoms with Crippen molar-refractivity contribution in [1.82, 2.24) is 10.2 Å². The van der Waals surface area contributed by atoms with E-state index >= 15 is 0 Å². The molecule has 0 bridgehead atoms. The Morgan fingerprint density at radius 2 is 2.19 bits per heavy atom. The van der Waals surface area contributed by atoms with Crippen molar-refractivity contribution < 1.29 is 9.53 Å². The normalized spacial score (nSPS) is 35.4. The van der Waals surface area contributed by atoms with Gasteiger partial charge in [0.05, 0.1) is 24.9 Å². The molecule has 16 heavy (non-hydrogen) atoms. The molecule has 3 unspecified atom stereocenters. The Balaban J connectivity index is 2.13. The van der Waals surface area contributed by atoms with Gasteiger partial charge in [0.2, 0.25) is 5.91 Å². The zero-order valence-electron chi connectivity index (χ0n) is 10.4. The molecule has 0 spiro atoms. The van der Waals surface area contributed by atoms with E-state index in [1.54, 1.807) is 7.11 Å². The number of rotatable bonds is 3. The molecule has 1 N–H and O–H groups in total. The molecule has 4 nitrogen and oxygen atoms in total. The van der Waals surface area contributed by atoms with E-state index in [0.29, 0.717) is 12.5 Å². The molecule has 4 heteroatoms. The first kappa shape index (κ1) is 11.9. The van der Waals surface area contributed by atoms with Crippen molar-refractivity contribution in [2.24, 2.45) is 5.92 Å². The van der Waals surface area contributed by atoms with Crippen molar-refractivity contribution >= 4 is 5.91 Å². The highest BCUT2D eigenvalue weighted by atomic mass is 16.5. The molecule has 1 amide bonds. The molecule has 0 radical (unpaired) electrons. The number of hydrogen-bond acceptors (Lipinski definition) is 3. The predicted molar refractivity (Wildman–Crippen MR) is 61.9 cm³/mol. The average molecular weight is 226 g/mol. The molecule has 0 aromatic carbocycles. The Morgan fingerprint density at radius 1 is 1.44 bits per heavy atom. The van der Waals surface area contributed by atoms with Crippen LogP contribution < -0.4 is 5.32 Å². The highest BCUT2D eigenvalue weighted by Gasteiger charge is 2.42. The summed E-state index contributed by atoms with van der Waals surface area (Å²) >= 11 is 0. The minimum Gasteiger partial charge on any atom is -0.379 e. The van der Waals surface area contributed by atoms with Gasteiger partial charge in [-0.25, -0.2) is 0 Å². The van der Waals surface area contributed by atoms with Crippen LogP contribution in [0.3, 0.4) is 0 Å². The second-order valence-electron chi connectivity index (χ2n) is 5.14. The van der Waals surface area contributed by atoms with Gasteiger partial charge in [0.25, 0.3) is 0 Å². The number of nitrogens with one attached hydrogen (secondary N) is 1. The Bertz CT molecular complexity index is 268. The predicted octanol–water partition coefficient (Wildman–Crippen LogP) is 0.968. The van der Waals surface area contributed by atoms with Crippen LogP contribution in [0.4, 0.5) is 0 Å². The van der Waals surface area contributed by atoms with Gasteiger partial charge in [0.1, 0.15) is 0 Å². The molecule has 0 aromatic rings. The fourth-order valence-corrected chi connectivity index (χ4v) is 2.98. The maximum atomic E-state index is 11.9. The fourth-order valence-electron chi connectivity index (χ4n) is 2.98. The summed E-state index contributed by atoms with van der Waals surface area (Å²) < 4.78 is 5.49. The molecule has 1 aliphatic carbocycles. The molecule has 3 atom stereocenters. The quantitative estimate of drug-likeness (QED) is 0.779. The number of carbonyl (C=O) groups is 1. The van der Waals surface area contributed by atoms with E-state index in [4.69, 9.17) is 4.74 Å². The molecule has 0 aromatic heterocycles. The molecule has 1 heterocycles. The maximum absolute atomic E-state index is 11.9. The lowest BCUT2D eigenvalue weighted by atomic mass is 10.1. The monoisotopic (exact) mass is 226 g/mol. The molecule has 2 fully saturated rings. The van der Waals surface area contributed by atoms with Crippen LogP contribution in [-0.2, 0) is 9.53 Å². The van der Waals surface area contributed by atoms with Crippen LogP contribution >= 0.6 is 0 Å². The van der Waals surface area contributed by atoms with Gasteiger partial charge in [-0.15, -0.1) is 0 Å². The van der Waals surface area contributed by atoms with Crippen molar-refractivity contribution in [2.45, 2.75) is 51.4 Å². The second kappa shape index (κ2) is 4.72. The highest BCUT2D eigenvalue weighted by Crippen LogP contribution is 2.30. The molecule has 2 aliphatic rings. The van der Waals surface area contributed by atoms with Gasteiger partial charge in [0, 0.05) is 7.11 Å². The minimum absolute atomic E-state index is 0.188. The van der Waals surface area contributed by atoms with E-state index in [2.05, 4.69) is 19.2 Å². The first-order valence-corrected chi connectivity index (χ1v) is 6.22. The lowest BCUT2D eigenvalue weighted by Gasteiger charge is -2.35. The number of hydrogen-bond donors (Lipinski definition) is 1. The number of carbonyl (C=O) groups excluding carboxylic acids is 1. The Labute approximate surface area is 97.3 Å². The second-order valence-corrected chi connectivity index (χ2v) is 5.14. The van der Waals surface area contributed by atoms with Gasteiger partial charge in [0.15, 0.2) is 0 Å². The minimum atomic E-state index is 0.188. The Hall–Kier alpha value is -0.610. The lowest BCUT2D eigenvalue weighted by molar-refractivity contribution is -0.133. The fraction of sp³-hybridized carbons (Fsp3) is 0.917. The van der Waals surface area contributed by atoms with Gasteiger partial charge < -0.3 is 9.64 Å². The topological polar surface area (TPSA) is 41.6 Å². The van der Waals surface area contributed by atoms with E-state index in [1.165, 1.54) is 0 Å². The number of ether oxygens (including phenoxy) is 1. The molecule has 2 rings (SSSR count). The molecule has 1 aliphatic heterocycles. The van der Waals surface area contributed by atoms with E-state index in [-0.39, 0.29) is 24.2 Å². The van der Waals surface area contributed by atoms with Crippen LogP contribution in [0.15, 0.2) is 0 Å². The van der Waals surface area contributed by atoms with Gasteiger partial charge in [-0.2, -0.15) is 0 Å². The van der Waals surface area contributed by atoms with Crippen molar-refractivity contribution in [3.8, 4) is 0 Å². The summed E-state index contributed by atoms with van der Waals surface area (Å²) in [6.45, 7) is 4.79. The van der Waals surface area contributed by atoms with Crippen LogP contribution in [0.5, 0.6) is 0 Å². The average Bonchev–Trinajstić information content (AvgIpc) is 2.82. The molecule has 92 valence electrons. The van der Waals surface area contributed by atoms with Crippen molar-refractivity contribution in [3.05, 3.63) is 0 Å². The van der Waals surface area contributed by atoms with Gasteiger partial charge >= 0.3 is 0 Å². The van der Waals surface area contributed by atoms with Crippen molar-refractivity contribution in [2.75, 3.05) is 13.7 Å². The van der Waals surface area contributed by atoms with Crippen LogP contribution in [0.1, 0.15) is 33.1 Å². The third-order valence-corrected chi connectivity index (χ3v) is 3.76. The van der Waals surface area contributed by atoms with E-state index in [0.717, 1.165) is 19.3 Å². The Morgan fingerprint density at radius 3 is 2.81 bits per heavy atom. The largest absolute Gasteiger partial charge is 0.379 e. The summed E-state index contributed by atoms with van der Waals surface area (Å²) in [5, 5.41) is 3.30.